The van der Waals surface area contributed by atoms with Gasteiger partial charge in [-0.05, 0) is 42.5 Å². The van der Waals surface area contributed by atoms with E-state index in [4.69, 9.17) is 11.6 Å². The van der Waals surface area contributed by atoms with Crippen LogP contribution in [0.2, 0.25) is 5.02 Å². The van der Waals surface area contributed by atoms with Crippen LogP contribution in [0.15, 0.2) is 59.7 Å². The number of hydrogen-bond acceptors (Lipinski definition) is 2. The summed E-state index contributed by atoms with van der Waals surface area (Å²) in [5.41, 5.74) is -0.0769. The number of fused-ring (bicyclic) bond motifs is 1. The second-order valence-electron chi connectivity index (χ2n) is 4.87. The number of halogens is 4. The molecule has 1 N–H and O–H groups in total. The van der Waals surface area contributed by atoms with Crippen LogP contribution in [-0.2, 0) is 6.18 Å². The van der Waals surface area contributed by atoms with Crippen LogP contribution in [0.3, 0.4) is 0 Å². The van der Waals surface area contributed by atoms with E-state index in [0.717, 1.165) is 16.9 Å². The Morgan fingerprint density at radius 1 is 1.04 bits per heavy atom. The van der Waals surface area contributed by atoms with Crippen molar-refractivity contribution in [2.45, 2.75) is 6.18 Å². The van der Waals surface area contributed by atoms with Gasteiger partial charge in [-0.1, -0.05) is 17.7 Å². The molecule has 3 aromatic rings. The van der Waals surface area contributed by atoms with Crippen molar-refractivity contribution in [3.8, 4) is 0 Å². The van der Waals surface area contributed by atoms with Gasteiger partial charge >= 0.3 is 6.18 Å². The van der Waals surface area contributed by atoms with Crippen LogP contribution >= 0.6 is 11.6 Å². The number of hydrogen-bond donors (Lipinski definition) is 1. The van der Waals surface area contributed by atoms with Crippen LogP contribution in [0, 0.1) is 0 Å². The van der Waals surface area contributed by atoms with Gasteiger partial charge in [-0.3, -0.25) is 0 Å². The molecule has 0 spiro atoms. The molecule has 118 valence electrons. The summed E-state index contributed by atoms with van der Waals surface area (Å²) in [6.45, 7) is 0. The molecular formula is C16H10ClF3N2O. The molecule has 1 heterocycles. The lowest BCUT2D eigenvalue weighted by molar-refractivity contribution is -0.137. The van der Waals surface area contributed by atoms with Crippen molar-refractivity contribution in [2.75, 3.05) is 0 Å². The number of rotatable bonds is 1. The van der Waals surface area contributed by atoms with Gasteiger partial charge in [-0.25, -0.2) is 4.99 Å². The molecule has 0 aliphatic carbocycles. The number of nitrogens with zero attached hydrogens (tertiary/aromatic N) is 2. The van der Waals surface area contributed by atoms with Crippen molar-refractivity contribution < 1.29 is 18.4 Å². The molecule has 0 bridgehead atoms. The highest BCUT2D eigenvalue weighted by Crippen LogP contribution is 2.30. The van der Waals surface area contributed by atoms with Gasteiger partial charge in [0, 0.05) is 16.6 Å². The molecule has 0 unspecified atom stereocenters. The zero-order valence-electron chi connectivity index (χ0n) is 11.5. The minimum atomic E-state index is -4.47. The second-order valence-corrected chi connectivity index (χ2v) is 5.30. The minimum absolute atomic E-state index is 0.185. The Balaban J connectivity index is 2.30. The molecule has 0 saturated heterocycles. The molecule has 3 rings (SSSR count). The van der Waals surface area contributed by atoms with E-state index in [-0.39, 0.29) is 10.9 Å². The summed E-state index contributed by atoms with van der Waals surface area (Å²) in [4.78, 5) is 4.32. The molecule has 7 heteroatoms. The van der Waals surface area contributed by atoms with E-state index in [1.807, 2.05) is 0 Å². The summed E-state index contributed by atoms with van der Waals surface area (Å²) in [5.74, 6) is 0. The molecule has 0 fully saturated rings. The van der Waals surface area contributed by atoms with E-state index in [0.29, 0.717) is 16.1 Å². The Labute approximate surface area is 133 Å². The number of pyridine rings is 1. The van der Waals surface area contributed by atoms with E-state index in [2.05, 4.69) is 4.99 Å². The van der Waals surface area contributed by atoms with Crippen molar-refractivity contribution in [1.29, 1.82) is 0 Å². The largest absolute Gasteiger partial charge is 0.428 e. The Hall–Kier alpha value is -2.47. The van der Waals surface area contributed by atoms with Gasteiger partial charge in [0.25, 0.3) is 0 Å². The first-order valence-electron chi connectivity index (χ1n) is 6.57. The first-order valence-corrected chi connectivity index (χ1v) is 6.94. The molecule has 1 aromatic heterocycles. The fourth-order valence-electron chi connectivity index (χ4n) is 2.21. The molecule has 2 aromatic carbocycles. The van der Waals surface area contributed by atoms with Gasteiger partial charge in [0.05, 0.1) is 22.1 Å². The van der Waals surface area contributed by atoms with Crippen LogP contribution < -0.4 is 5.36 Å². The summed E-state index contributed by atoms with van der Waals surface area (Å²) in [6, 6.07) is 11.2. The van der Waals surface area contributed by atoms with Gasteiger partial charge in [0.2, 0.25) is 0 Å². The quantitative estimate of drug-likeness (QED) is 0.637. The number of benzene rings is 2. The molecule has 0 saturated carbocycles. The van der Waals surface area contributed by atoms with Crippen molar-refractivity contribution >= 4 is 28.2 Å². The van der Waals surface area contributed by atoms with Crippen LogP contribution in [0.5, 0.6) is 0 Å². The molecular weight excluding hydrogens is 329 g/mol. The predicted molar refractivity (Wildman–Crippen MR) is 80.8 cm³/mol. The standard InChI is InChI=1S/C16H10ClF3N2O/c17-11-2-1-3-12(9-11)21-14-6-7-22(23)15-5-4-10(8-13(14)15)16(18,19)20/h1-9,23H. The number of aromatic nitrogens is 1. The van der Waals surface area contributed by atoms with E-state index < -0.39 is 11.7 Å². The van der Waals surface area contributed by atoms with Gasteiger partial charge in [-0.2, -0.15) is 17.9 Å². The van der Waals surface area contributed by atoms with E-state index in [1.54, 1.807) is 24.3 Å². The lowest BCUT2D eigenvalue weighted by Gasteiger charge is -2.09. The highest BCUT2D eigenvalue weighted by molar-refractivity contribution is 6.30. The molecule has 0 aliphatic heterocycles. The van der Waals surface area contributed by atoms with Crippen LogP contribution in [0.1, 0.15) is 5.56 Å². The maximum atomic E-state index is 12.9. The second kappa shape index (κ2) is 5.62. The minimum Gasteiger partial charge on any atom is -0.428 e. The molecule has 0 amide bonds. The average Bonchev–Trinajstić information content (AvgIpc) is 2.49. The fraction of sp³-hybridized carbons (Fsp3) is 0.0625. The molecule has 3 nitrogen and oxygen atoms in total. The van der Waals surface area contributed by atoms with Crippen molar-refractivity contribution in [3.63, 3.8) is 0 Å². The SMILES string of the molecule is On1ccc(=Nc2cccc(Cl)c2)c2cc(C(F)(F)F)ccc21. The summed E-state index contributed by atoms with van der Waals surface area (Å²) < 4.78 is 39.5. The smallest absolute Gasteiger partial charge is 0.416 e. The van der Waals surface area contributed by atoms with Gasteiger partial charge < -0.3 is 5.21 Å². The first kappa shape index (κ1) is 15.4. The predicted octanol–water partition coefficient (Wildman–Crippen LogP) is 4.78. The fourth-order valence-corrected chi connectivity index (χ4v) is 2.40. The molecule has 0 aliphatic rings. The monoisotopic (exact) mass is 338 g/mol. The van der Waals surface area contributed by atoms with Crippen LogP contribution in [-0.4, -0.2) is 9.94 Å². The summed E-state index contributed by atoms with van der Waals surface area (Å²) in [5, 5.41) is 10.7. The average molecular weight is 339 g/mol. The highest BCUT2D eigenvalue weighted by Gasteiger charge is 2.30. The van der Waals surface area contributed by atoms with E-state index in [1.165, 1.54) is 18.3 Å². The third kappa shape index (κ3) is 3.17. The van der Waals surface area contributed by atoms with Gasteiger partial charge in [-0.15, -0.1) is 0 Å². The first-order chi connectivity index (χ1) is 10.8. The third-order valence-electron chi connectivity index (χ3n) is 3.28. The Kier molecular flexibility index (Phi) is 3.77. The maximum Gasteiger partial charge on any atom is 0.416 e. The summed E-state index contributed by atoms with van der Waals surface area (Å²) in [6.07, 6.45) is -3.16. The Morgan fingerprint density at radius 3 is 2.52 bits per heavy atom. The van der Waals surface area contributed by atoms with Gasteiger partial charge in [0.15, 0.2) is 0 Å². The van der Waals surface area contributed by atoms with E-state index >= 15 is 0 Å². The van der Waals surface area contributed by atoms with E-state index in [9.17, 15) is 18.4 Å². The van der Waals surface area contributed by atoms with Crippen molar-refractivity contribution in [1.82, 2.24) is 4.73 Å². The molecule has 23 heavy (non-hydrogen) atoms. The lowest BCUT2D eigenvalue weighted by atomic mass is 10.1. The summed E-state index contributed by atoms with van der Waals surface area (Å²) >= 11 is 5.89. The molecule has 0 atom stereocenters. The number of alkyl halides is 3. The normalized spacial score (nSPS) is 12.8. The Morgan fingerprint density at radius 2 is 1.83 bits per heavy atom. The third-order valence-corrected chi connectivity index (χ3v) is 3.51. The molecule has 0 radical (unpaired) electrons. The zero-order valence-corrected chi connectivity index (χ0v) is 12.3. The topological polar surface area (TPSA) is 37.5 Å². The van der Waals surface area contributed by atoms with Crippen molar-refractivity contribution in [3.05, 3.63) is 70.7 Å². The van der Waals surface area contributed by atoms with Crippen molar-refractivity contribution in [2.24, 2.45) is 4.99 Å². The van der Waals surface area contributed by atoms with Crippen LogP contribution in [0.4, 0.5) is 18.9 Å². The lowest BCUT2D eigenvalue weighted by Crippen LogP contribution is -2.11. The maximum absolute atomic E-state index is 12.9. The Bertz CT molecular complexity index is 948. The zero-order chi connectivity index (χ0) is 16.6. The van der Waals surface area contributed by atoms with Crippen LogP contribution in [0.25, 0.3) is 10.9 Å². The highest BCUT2D eigenvalue weighted by atomic mass is 35.5. The summed E-state index contributed by atoms with van der Waals surface area (Å²) in [7, 11) is 0. The van der Waals surface area contributed by atoms with Gasteiger partial charge in [0.1, 0.15) is 0 Å².